The van der Waals surface area contributed by atoms with E-state index in [0.717, 1.165) is 36.8 Å². The third-order valence-corrected chi connectivity index (χ3v) is 6.00. The van der Waals surface area contributed by atoms with Gasteiger partial charge in [-0.1, -0.05) is 37.5 Å². The smallest absolute Gasteiger partial charge is 0.265 e. The molecule has 4 aromatic rings. The Morgan fingerprint density at radius 2 is 1.74 bits per heavy atom. The molecular formula is C25H22FN3O2. The van der Waals surface area contributed by atoms with Crippen LogP contribution in [-0.4, -0.2) is 21.3 Å². The second kappa shape index (κ2) is 7.95. The van der Waals surface area contributed by atoms with Gasteiger partial charge < -0.3 is 5.32 Å². The minimum absolute atomic E-state index is 0.173. The third kappa shape index (κ3) is 3.69. The first-order valence-electron chi connectivity index (χ1n) is 10.6. The first-order chi connectivity index (χ1) is 15.1. The van der Waals surface area contributed by atoms with Gasteiger partial charge in [-0.05, 0) is 60.4 Å². The third-order valence-electron chi connectivity index (χ3n) is 6.00. The Morgan fingerprint density at radius 3 is 2.52 bits per heavy atom. The molecular weight excluding hydrogens is 393 g/mol. The monoisotopic (exact) mass is 415 g/mol. The zero-order chi connectivity index (χ0) is 21.4. The number of carbonyl (C=O) groups excluding carboxylic acids is 1. The molecule has 2 heterocycles. The van der Waals surface area contributed by atoms with Crippen LogP contribution < -0.4 is 10.9 Å². The number of rotatable bonds is 3. The van der Waals surface area contributed by atoms with Crippen LogP contribution in [0.15, 0.2) is 65.6 Å². The fourth-order valence-corrected chi connectivity index (χ4v) is 4.34. The molecule has 1 aliphatic rings. The molecule has 1 fully saturated rings. The molecule has 0 spiro atoms. The Morgan fingerprint density at radius 1 is 1.00 bits per heavy atom. The zero-order valence-corrected chi connectivity index (χ0v) is 17.0. The highest BCUT2D eigenvalue weighted by molar-refractivity contribution is 6.00. The maximum absolute atomic E-state index is 13.2. The predicted octanol–water partition coefficient (Wildman–Crippen LogP) is 4.72. The summed E-state index contributed by atoms with van der Waals surface area (Å²) in [5.74, 6) is -0.504. The summed E-state index contributed by atoms with van der Waals surface area (Å²) in [6.07, 6.45) is 7.06. The molecule has 1 saturated carbocycles. The fourth-order valence-electron chi connectivity index (χ4n) is 4.34. The number of pyridine rings is 1. The van der Waals surface area contributed by atoms with E-state index in [9.17, 15) is 14.0 Å². The van der Waals surface area contributed by atoms with Crippen LogP contribution in [0, 0.1) is 5.82 Å². The molecule has 5 nitrogen and oxygen atoms in total. The van der Waals surface area contributed by atoms with Crippen molar-refractivity contribution in [2.75, 3.05) is 0 Å². The lowest BCUT2D eigenvalue weighted by Crippen LogP contribution is -2.36. The standard InChI is InChI=1S/C25H22FN3O2/c26-18-11-8-16(9-12-18)17-10-13-22-21(15-17)25(31)29-14-4-7-20(23(29)28-22)24(30)27-19-5-2-1-3-6-19/h4,7-15,19H,1-3,5-6H2,(H,27,30). The van der Waals surface area contributed by atoms with Crippen LogP contribution in [0.25, 0.3) is 27.7 Å². The SMILES string of the molecule is O=C(NC1CCCCC1)c1cccn2c(=O)c3cc(-c4ccc(F)cc4)ccc3nc12. The van der Waals surface area contributed by atoms with Crippen molar-refractivity contribution >= 4 is 22.5 Å². The number of amides is 1. The maximum atomic E-state index is 13.2. The number of aromatic nitrogens is 2. The quantitative estimate of drug-likeness (QED) is 0.493. The van der Waals surface area contributed by atoms with E-state index in [2.05, 4.69) is 10.3 Å². The number of benzene rings is 2. The van der Waals surface area contributed by atoms with Crippen molar-refractivity contribution in [2.24, 2.45) is 0 Å². The van der Waals surface area contributed by atoms with E-state index in [-0.39, 0.29) is 23.3 Å². The summed E-state index contributed by atoms with van der Waals surface area (Å²) in [7, 11) is 0. The molecule has 0 atom stereocenters. The van der Waals surface area contributed by atoms with Gasteiger partial charge in [0.2, 0.25) is 0 Å². The van der Waals surface area contributed by atoms with Crippen molar-refractivity contribution in [2.45, 2.75) is 38.1 Å². The van der Waals surface area contributed by atoms with E-state index in [1.54, 1.807) is 42.6 Å². The van der Waals surface area contributed by atoms with Gasteiger partial charge in [0, 0.05) is 12.2 Å². The molecule has 5 rings (SSSR count). The zero-order valence-electron chi connectivity index (χ0n) is 17.0. The number of carbonyl (C=O) groups is 1. The Labute approximate surface area is 178 Å². The molecule has 1 aliphatic carbocycles. The van der Waals surface area contributed by atoms with Crippen molar-refractivity contribution < 1.29 is 9.18 Å². The van der Waals surface area contributed by atoms with Crippen LogP contribution in [0.2, 0.25) is 0 Å². The molecule has 1 amide bonds. The maximum Gasteiger partial charge on any atom is 0.265 e. The molecule has 31 heavy (non-hydrogen) atoms. The summed E-state index contributed by atoms with van der Waals surface area (Å²) >= 11 is 0. The summed E-state index contributed by atoms with van der Waals surface area (Å²) in [6.45, 7) is 0. The van der Waals surface area contributed by atoms with Crippen LogP contribution in [0.3, 0.4) is 0 Å². The highest BCUT2D eigenvalue weighted by atomic mass is 19.1. The van der Waals surface area contributed by atoms with Gasteiger partial charge in [-0.2, -0.15) is 0 Å². The van der Waals surface area contributed by atoms with Gasteiger partial charge in [0.1, 0.15) is 5.82 Å². The van der Waals surface area contributed by atoms with Gasteiger partial charge >= 0.3 is 0 Å². The lowest BCUT2D eigenvalue weighted by atomic mass is 9.95. The van der Waals surface area contributed by atoms with Gasteiger partial charge in [-0.15, -0.1) is 0 Å². The summed E-state index contributed by atoms with van der Waals surface area (Å²) < 4.78 is 14.7. The molecule has 6 heteroatoms. The molecule has 0 aliphatic heterocycles. The lowest BCUT2D eigenvalue weighted by molar-refractivity contribution is 0.0929. The number of nitrogens with zero attached hydrogens (tertiary/aromatic N) is 2. The van der Waals surface area contributed by atoms with Crippen molar-refractivity contribution in [1.29, 1.82) is 0 Å². The van der Waals surface area contributed by atoms with E-state index in [0.29, 0.717) is 22.1 Å². The molecule has 2 aromatic heterocycles. The Bertz CT molecular complexity index is 1340. The van der Waals surface area contributed by atoms with E-state index in [1.165, 1.54) is 23.0 Å². The molecule has 0 saturated heterocycles. The second-order valence-electron chi connectivity index (χ2n) is 8.08. The topological polar surface area (TPSA) is 63.5 Å². The summed E-state index contributed by atoms with van der Waals surface area (Å²) in [5, 5.41) is 3.55. The van der Waals surface area contributed by atoms with Crippen molar-refractivity contribution in [3.05, 3.63) is 82.5 Å². The van der Waals surface area contributed by atoms with Gasteiger partial charge in [-0.25, -0.2) is 9.37 Å². The van der Waals surface area contributed by atoms with Gasteiger partial charge in [0.05, 0.1) is 16.5 Å². The van der Waals surface area contributed by atoms with Crippen LogP contribution in [0.5, 0.6) is 0 Å². The normalized spacial score (nSPS) is 14.7. The molecule has 0 unspecified atom stereocenters. The van der Waals surface area contributed by atoms with E-state index >= 15 is 0 Å². The highest BCUT2D eigenvalue weighted by Crippen LogP contribution is 2.24. The number of halogens is 1. The first-order valence-corrected chi connectivity index (χ1v) is 10.6. The first kappa shape index (κ1) is 19.4. The van der Waals surface area contributed by atoms with Crippen LogP contribution in [0.1, 0.15) is 42.5 Å². The Hall–Kier alpha value is -3.54. The molecule has 2 aromatic carbocycles. The minimum atomic E-state index is -0.309. The molecule has 156 valence electrons. The number of hydrogen-bond donors (Lipinski definition) is 1. The number of hydrogen-bond acceptors (Lipinski definition) is 3. The van der Waals surface area contributed by atoms with Gasteiger partial charge in [0.15, 0.2) is 5.65 Å². The van der Waals surface area contributed by atoms with Crippen LogP contribution in [0.4, 0.5) is 4.39 Å². The number of fused-ring (bicyclic) bond motifs is 2. The Kier molecular flexibility index (Phi) is 4.98. The van der Waals surface area contributed by atoms with Gasteiger partial charge in [0.25, 0.3) is 11.5 Å². The lowest BCUT2D eigenvalue weighted by Gasteiger charge is -2.23. The van der Waals surface area contributed by atoms with E-state index < -0.39 is 0 Å². The average Bonchev–Trinajstić information content (AvgIpc) is 2.80. The highest BCUT2D eigenvalue weighted by Gasteiger charge is 2.19. The van der Waals surface area contributed by atoms with Gasteiger partial charge in [-0.3, -0.25) is 14.0 Å². The van der Waals surface area contributed by atoms with Crippen LogP contribution >= 0.6 is 0 Å². The molecule has 1 N–H and O–H groups in total. The molecule has 0 bridgehead atoms. The van der Waals surface area contributed by atoms with Crippen LogP contribution in [-0.2, 0) is 0 Å². The van der Waals surface area contributed by atoms with Crippen molar-refractivity contribution in [3.63, 3.8) is 0 Å². The van der Waals surface area contributed by atoms with Crippen molar-refractivity contribution in [1.82, 2.24) is 14.7 Å². The summed E-state index contributed by atoms with van der Waals surface area (Å²) in [6, 6.07) is 15.1. The predicted molar refractivity (Wildman–Crippen MR) is 119 cm³/mol. The average molecular weight is 415 g/mol. The number of nitrogens with one attached hydrogen (secondary N) is 1. The largest absolute Gasteiger partial charge is 0.349 e. The summed E-state index contributed by atoms with van der Waals surface area (Å²) in [4.78, 5) is 30.8. The van der Waals surface area contributed by atoms with E-state index in [1.807, 2.05) is 6.07 Å². The van der Waals surface area contributed by atoms with E-state index in [4.69, 9.17) is 0 Å². The fraction of sp³-hybridized carbons (Fsp3) is 0.240. The van der Waals surface area contributed by atoms with Crippen molar-refractivity contribution in [3.8, 4) is 11.1 Å². The summed E-state index contributed by atoms with van der Waals surface area (Å²) in [5.41, 5.74) is 2.65. The molecule has 0 radical (unpaired) electrons. The second-order valence-corrected chi connectivity index (χ2v) is 8.08. The minimum Gasteiger partial charge on any atom is -0.349 e. The Balaban J connectivity index is 1.58.